The first kappa shape index (κ1) is 14.6. The molecule has 19 heavy (non-hydrogen) atoms. The lowest BCUT2D eigenvalue weighted by atomic mass is 10.00. The Morgan fingerprint density at radius 1 is 1.05 bits per heavy atom. The quantitative estimate of drug-likeness (QED) is 0.773. The molecule has 0 spiro atoms. The van der Waals surface area contributed by atoms with Crippen molar-refractivity contribution in [1.82, 2.24) is 10.2 Å². The van der Waals surface area contributed by atoms with Crippen molar-refractivity contribution in [2.75, 3.05) is 13.2 Å². The van der Waals surface area contributed by atoms with Crippen molar-refractivity contribution in [2.24, 2.45) is 0 Å². The third-order valence-corrected chi connectivity index (χ3v) is 4.53. The van der Waals surface area contributed by atoms with Gasteiger partial charge in [0, 0.05) is 25.2 Å². The molecule has 1 saturated carbocycles. The van der Waals surface area contributed by atoms with Crippen LogP contribution in [0.3, 0.4) is 0 Å². The molecule has 1 saturated heterocycles. The number of aliphatic hydroxyl groups excluding tert-OH is 1. The van der Waals surface area contributed by atoms with Crippen molar-refractivity contribution in [3.63, 3.8) is 0 Å². The zero-order chi connectivity index (χ0) is 13.5. The fourth-order valence-electron chi connectivity index (χ4n) is 3.40. The second kappa shape index (κ2) is 7.73. The number of hydrogen-bond donors (Lipinski definition) is 2. The van der Waals surface area contributed by atoms with Gasteiger partial charge in [-0.3, -0.25) is 0 Å². The highest BCUT2D eigenvalue weighted by Crippen LogP contribution is 2.21. The number of carbonyl (C=O) groups is 1. The van der Waals surface area contributed by atoms with Gasteiger partial charge in [-0.2, -0.15) is 0 Å². The summed E-state index contributed by atoms with van der Waals surface area (Å²) in [6.07, 6.45) is 11.4. The summed E-state index contributed by atoms with van der Waals surface area (Å²) in [5, 5.41) is 12.3. The van der Waals surface area contributed by atoms with Gasteiger partial charge < -0.3 is 15.3 Å². The van der Waals surface area contributed by atoms with E-state index in [1.165, 1.54) is 32.1 Å². The third kappa shape index (κ3) is 4.37. The third-order valence-electron chi connectivity index (χ3n) is 4.53. The van der Waals surface area contributed by atoms with Crippen LogP contribution in [0.15, 0.2) is 0 Å². The van der Waals surface area contributed by atoms with Gasteiger partial charge in [0.25, 0.3) is 0 Å². The number of carbonyl (C=O) groups excluding carboxylic acids is 1. The molecule has 2 aliphatic rings. The van der Waals surface area contributed by atoms with Gasteiger partial charge in [-0.05, 0) is 38.5 Å². The van der Waals surface area contributed by atoms with Crippen LogP contribution in [0.2, 0.25) is 0 Å². The average molecular weight is 268 g/mol. The molecule has 0 radical (unpaired) electrons. The van der Waals surface area contributed by atoms with E-state index >= 15 is 0 Å². The largest absolute Gasteiger partial charge is 0.396 e. The fourth-order valence-corrected chi connectivity index (χ4v) is 3.40. The normalized spacial score (nSPS) is 25.9. The standard InChI is InChI=1S/C15H28N2O2/c18-12-10-14-9-5-6-11-17(14)15(19)16-13-7-3-1-2-4-8-13/h13-14,18H,1-12H2,(H,16,19). The number of aliphatic hydroxyl groups is 1. The summed E-state index contributed by atoms with van der Waals surface area (Å²) in [6, 6.07) is 0.710. The molecule has 4 heteroatoms. The van der Waals surface area contributed by atoms with Gasteiger partial charge in [0.1, 0.15) is 0 Å². The SMILES string of the molecule is O=C(NC1CCCCCC1)N1CCCCC1CCO. The molecule has 0 aromatic carbocycles. The Kier molecular flexibility index (Phi) is 5.95. The number of rotatable bonds is 3. The molecule has 2 amide bonds. The summed E-state index contributed by atoms with van der Waals surface area (Å²) < 4.78 is 0. The minimum Gasteiger partial charge on any atom is -0.396 e. The highest BCUT2D eigenvalue weighted by Gasteiger charge is 2.27. The molecule has 0 bridgehead atoms. The van der Waals surface area contributed by atoms with E-state index in [-0.39, 0.29) is 18.7 Å². The molecule has 1 aliphatic carbocycles. The molecule has 110 valence electrons. The van der Waals surface area contributed by atoms with Crippen molar-refractivity contribution in [3.05, 3.63) is 0 Å². The van der Waals surface area contributed by atoms with Crippen molar-refractivity contribution < 1.29 is 9.90 Å². The van der Waals surface area contributed by atoms with Gasteiger partial charge in [0.05, 0.1) is 0 Å². The van der Waals surface area contributed by atoms with Gasteiger partial charge in [-0.1, -0.05) is 25.7 Å². The smallest absolute Gasteiger partial charge is 0.317 e. The van der Waals surface area contributed by atoms with Gasteiger partial charge >= 0.3 is 6.03 Å². The zero-order valence-electron chi connectivity index (χ0n) is 11.9. The zero-order valence-corrected chi connectivity index (χ0v) is 11.9. The second-order valence-electron chi connectivity index (χ2n) is 5.99. The van der Waals surface area contributed by atoms with Crippen LogP contribution >= 0.6 is 0 Å². The Labute approximate surface area is 116 Å². The van der Waals surface area contributed by atoms with Gasteiger partial charge in [-0.25, -0.2) is 4.79 Å². The molecule has 1 aliphatic heterocycles. The van der Waals surface area contributed by atoms with E-state index in [9.17, 15) is 4.79 Å². The summed E-state index contributed by atoms with van der Waals surface area (Å²) in [5.74, 6) is 0. The molecule has 1 unspecified atom stereocenters. The maximum atomic E-state index is 12.4. The summed E-state index contributed by atoms with van der Waals surface area (Å²) >= 11 is 0. The number of hydrogen-bond acceptors (Lipinski definition) is 2. The molecule has 2 N–H and O–H groups in total. The van der Waals surface area contributed by atoms with E-state index in [0.29, 0.717) is 6.04 Å². The predicted octanol–water partition coefficient (Wildman–Crippen LogP) is 2.66. The molecular weight excluding hydrogens is 240 g/mol. The Balaban J connectivity index is 1.85. The van der Waals surface area contributed by atoms with Gasteiger partial charge in [0.15, 0.2) is 0 Å². The molecule has 0 aromatic heterocycles. The van der Waals surface area contributed by atoms with E-state index in [4.69, 9.17) is 5.11 Å². The van der Waals surface area contributed by atoms with Crippen molar-refractivity contribution in [3.8, 4) is 0 Å². The van der Waals surface area contributed by atoms with Crippen LogP contribution in [0.1, 0.15) is 64.2 Å². The number of urea groups is 1. The maximum absolute atomic E-state index is 12.4. The first-order chi connectivity index (χ1) is 9.31. The first-order valence-electron chi connectivity index (χ1n) is 7.99. The maximum Gasteiger partial charge on any atom is 0.317 e. The average Bonchev–Trinajstić information content (AvgIpc) is 2.68. The Morgan fingerprint density at radius 3 is 2.42 bits per heavy atom. The Hall–Kier alpha value is -0.770. The highest BCUT2D eigenvalue weighted by molar-refractivity contribution is 5.75. The molecule has 2 fully saturated rings. The van der Waals surface area contributed by atoms with E-state index in [2.05, 4.69) is 5.32 Å². The summed E-state index contributed by atoms with van der Waals surface area (Å²) in [7, 11) is 0. The first-order valence-corrected chi connectivity index (χ1v) is 7.99. The minimum absolute atomic E-state index is 0.102. The van der Waals surface area contributed by atoms with Crippen LogP contribution < -0.4 is 5.32 Å². The fraction of sp³-hybridized carbons (Fsp3) is 0.933. The summed E-state index contributed by atoms with van der Waals surface area (Å²) in [4.78, 5) is 14.4. The minimum atomic E-state index is 0.102. The molecule has 1 heterocycles. The summed E-state index contributed by atoms with van der Waals surface area (Å²) in [6.45, 7) is 1.03. The van der Waals surface area contributed by atoms with Crippen LogP contribution in [0, 0.1) is 0 Å². The monoisotopic (exact) mass is 268 g/mol. The predicted molar refractivity (Wildman–Crippen MR) is 76.1 cm³/mol. The number of piperidine rings is 1. The van der Waals surface area contributed by atoms with Crippen LogP contribution in [0.5, 0.6) is 0 Å². The molecule has 0 aromatic rings. The molecule has 2 rings (SSSR count). The number of likely N-dealkylation sites (tertiary alicyclic amines) is 1. The van der Waals surface area contributed by atoms with E-state index in [1.807, 2.05) is 4.90 Å². The lowest BCUT2D eigenvalue weighted by Gasteiger charge is -2.36. The van der Waals surface area contributed by atoms with Crippen molar-refractivity contribution in [1.29, 1.82) is 0 Å². The lowest BCUT2D eigenvalue weighted by molar-refractivity contribution is 0.129. The van der Waals surface area contributed by atoms with Gasteiger partial charge in [0.2, 0.25) is 0 Å². The van der Waals surface area contributed by atoms with Crippen molar-refractivity contribution in [2.45, 2.75) is 76.3 Å². The molecule has 4 nitrogen and oxygen atoms in total. The molecule has 1 atom stereocenters. The molecular formula is C15H28N2O2. The Morgan fingerprint density at radius 2 is 1.74 bits per heavy atom. The van der Waals surface area contributed by atoms with Crippen LogP contribution in [-0.4, -0.2) is 41.3 Å². The Bertz CT molecular complexity index is 273. The second-order valence-corrected chi connectivity index (χ2v) is 5.99. The topological polar surface area (TPSA) is 52.6 Å². The number of nitrogens with one attached hydrogen (secondary N) is 1. The van der Waals surface area contributed by atoms with Crippen LogP contribution in [0.4, 0.5) is 4.79 Å². The van der Waals surface area contributed by atoms with Crippen LogP contribution in [0.25, 0.3) is 0 Å². The number of amides is 2. The van der Waals surface area contributed by atoms with Crippen LogP contribution in [-0.2, 0) is 0 Å². The van der Waals surface area contributed by atoms with E-state index in [0.717, 1.165) is 38.6 Å². The van der Waals surface area contributed by atoms with Crippen molar-refractivity contribution >= 4 is 6.03 Å². The number of nitrogens with zero attached hydrogens (tertiary/aromatic N) is 1. The van der Waals surface area contributed by atoms with E-state index < -0.39 is 0 Å². The van der Waals surface area contributed by atoms with Gasteiger partial charge in [-0.15, -0.1) is 0 Å². The highest BCUT2D eigenvalue weighted by atomic mass is 16.3. The van der Waals surface area contributed by atoms with E-state index in [1.54, 1.807) is 0 Å². The lowest BCUT2D eigenvalue weighted by Crippen LogP contribution is -2.51. The summed E-state index contributed by atoms with van der Waals surface area (Å²) in [5.41, 5.74) is 0.